The fraction of sp³-hybridized carbons (Fsp3) is 0.714. The third-order valence-electron chi connectivity index (χ3n) is 3.83. The standard InChI is InChI=1S/C14H21N3O/c1-2-12-11-9-15-6-5-13(11)17-14(16-12)8-10-4-3-7-18-10/h10,15H,2-9H2,1H3. The van der Waals surface area contributed by atoms with Crippen LogP contribution >= 0.6 is 0 Å². The van der Waals surface area contributed by atoms with Crippen LogP contribution in [0, 0.1) is 0 Å². The minimum atomic E-state index is 0.342. The van der Waals surface area contributed by atoms with E-state index in [2.05, 4.69) is 12.2 Å². The van der Waals surface area contributed by atoms with Crippen LogP contribution in [0.25, 0.3) is 0 Å². The Morgan fingerprint density at radius 2 is 2.33 bits per heavy atom. The van der Waals surface area contributed by atoms with Crippen LogP contribution in [-0.2, 0) is 30.5 Å². The van der Waals surface area contributed by atoms with Gasteiger partial charge in [0.2, 0.25) is 0 Å². The van der Waals surface area contributed by atoms with Gasteiger partial charge in [0, 0.05) is 43.8 Å². The van der Waals surface area contributed by atoms with E-state index >= 15 is 0 Å². The molecule has 2 aliphatic heterocycles. The van der Waals surface area contributed by atoms with Crippen LogP contribution in [0.2, 0.25) is 0 Å². The number of aryl methyl sites for hydroxylation is 1. The van der Waals surface area contributed by atoms with E-state index in [0.717, 1.165) is 51.2 Å². The zero-order valence-corrected chi connectivity index (χ0v) is 11.0. The first-order valence-corrected chi connectivity index (χ1v) is 7.06. The molecule has 0 aliphatic carbocycles. The minimum absolute atomic E-state index is 0.342. The Bertz CT molecular complexity index is 410. The summed E-state index contributed by atoms with van der Waals surface area (Å²) in [6.45, 7) is 5.04. The van der Waals surface area contributed by atoms with Gasteiger partial charge in [-0.1, -0.05) is 6.92 Å². The monoisotopic (exact) mass is 247 g/mol. The van der Waals surface area contributed by atoms with Gasteiger partial charge in [0.05, 0.1) is 11.8 Å². The molecule has 3 heterocycles. The van der Waals surface area contributed by atoms with E-state index in [9.17, 15) is 0 Å². The summed E-state index contributed by atoms with van der Waals surface area (Å²) in [7, 11) is 0. The number of hydrogen-bond acceptors (Lipinski definition) is 4. The van der Waals surface area contributed by atoms with Crippen molar-refractivity contribution < 1.29 is 4.74 Å². The SMILES string of the molecule is CCc1nc(CC2CCCO2)nc2c1CNCC2. The molecule has 4 heteroatoms. The highest BCUT2D eigenvalue weighted by Gasteiger charge is 2.20. The largest absolute Gasteiger partial charge is 0.378 e. The normalized spacial score (nSPS) is 23.1. The number of ether oxygens (including phenoxy) is 1. The average molecular weight is 247 g/mol. The number of fused-ring (bicyclic) bond motifs is 1. The molecule has 1 aromatic rings. The van der Waals surface area contributed by atoms with E-state index in [4.69, 9.17) is 14.7 Å². The van der Waals surface area contributed by atoms with Crippen molar-refractivity contribution in [1.82, 2.24) is 15.3 Å². The van der Waals surface area contributed by atoms with Crippen molar-refractivity contribution in [3.63, 3.8) is 0 Å². The van der Waals surface area contributed by atoms with E-state index < -0.39 is 0 Å². The van der Waals surface area contributed by atoms with Crippen molar-refractivity contribution in [3.8, 4) is 0 Å². The summed E-state index contributed by atoms with van der Waals surface area (Å²) in [5, 5.41) is 3.40. The Hall–Kier alpha value is -1.00. The zero-order valence-electron chi connectivity index (χ0n) is 11.0. The summed E-state index contributed by atoms with van der Waals surface area (Å²) in [6, 6.07) is 0. The number of hydrogen-bond donors (Lipinski definition) is 1. The van der Waals surface area contributed by atoms with Crippen molar-refractivity contribution in [1.29, 1.82) is 0 Å². The molecule has 1 fully saturated rings. The minimum Gasteiger partial charge on any atom is -0.378 e. The van der Waals surface area contributed by atoms with Crippen LogP contribution in [-0.4, -0.2) is 29.2 Å². The molecular weight excluding hydrogens is 226 g/mol. The summed E-state index contributed by atoms with van der Waals surface area (Å²) in [6.07, 6.45) is 5.58. The molecule has 4 nitrogen and oxygen atoms in total. The molecule has 0 spiro atoms. The molecule has 1 saturated heterocycles. The maximum absolute atomic E-state index is 5.68. The van der Waals surface area contributed by atoms with Gasteiger partial charge in [-0.3, -0.25) is 0 Å². The average Bonchev–Trinajstić information content (AvgIpc) is 2.90. The first-order valence-electron chi connectivity index (χ1n) is 7.06. The molecule has 1 unspecified atom stereocenters. The fourth-order valence-corrected chi connectivity index (χ4v) is 2.86. The topological polar surface area (TPSA) is 47.0 Å². The molecule has 0 saturated carbocycles. The van der Waals surface area contributed by atoms with E-state index in [1.54, 1.807) is 0 Å². The number of nitrogens with zero attached hydrogens (tertiary/aromatic N) is 2. The van der Waals surface area contributed by atoms with Gasteiger partial charge in [0.15, 0.2) is 0 Å². The van der Waals surface area contributed by atoms with E-state index in [-0.39, 0.29) is 0 Å². The first kappa shape index (κ1) is 12.1. The molecule has 18 heavy (non-hydrogen) atoms. The van der Waals surface area contributed by atoms with Gasteiger partial charge in [-0.25, -0.2) is 9.97 Å². The molecule has 2 aliphatic rings. The molecule has 0 amide bonds. The Morgan fingerprint density at radius 3 is 3.11 bits per heavy atom. The van der Waals surface area contributed by atoms with Crippen LogP contribution in [0.4, 0.5) is 0 Å². The van der Waals surface area contributed by atoms with E-state index in [1.807, 2.05) is 0 Å². The summed E-state index contributed by atoms with van der Waals surface area (Å²) >= 11 is 0. The van der Waals surface area contributed by atoms with Gasteiger partial charge in [-0.2, -0.15) is 0 Å². The molecule has 0 aromatic carbocycles. The van der Waals surface area contributed by atoms with Gasteiger partial charge < -0.3 is 10.1 Å². The lowest BCUT2D eigenvalue weighted by Gasteiger charge is -2.20. The molecule has 3 rings (SSSR count). The molecule has 1 atom stereocenters. The Labute approximate surface area is 108 Å². The lowest BCUT2D eigenvalue weighted by atomic mass is 10.0. The van der Waals surface area contributed by atoms with E-state index in [0.29, 0.717) is 6.10 Å². The quantitative estimate of drug-likeness (QED) is 0.877. The summed E-state index contributed by atoms with van der Waals surface area (Å²) in [4.78, 5) is 9.49. The van der Waals surface area contributed by atoms with Gasteiger partial charge in [-0.15, -0.1) is 0 Å². The molecule has 1 N–H and O–H groups in total. The predicted molar refractivity (Wildman–Crippen MR) is 69.5 cm³/mol. The number of rotatable bonds is 3. The Kier molecular flexibility index (Phi) is 3.57. The second kappa shape index (κ2) is 5.33. The van der Waals surface area contributed by atoms with Crippen LogP contribution < -0.4 is 5.32 Å². The molecular formula is C14H21N3O. The van der Waals surface area contributed by atoms with Crippen molar-refractivity contribution in [2.75, 3.05) is 13.2 Å². The highest BCUT2D eigenvalue weighted by Crippen LogP contribution is 2.19. The second-order valence-electron chi connectivity index (χ2n) is 5.13. The van der Waals surface area contributed by atoms with Crippen LogP contribution in [0.15, 0.2) is 0 Å². The first-order chi connectivity index (χ1) is 8.86. The molecule has 98 valence electrons. The molecule has 0 radical (unpaired) electrons. The maximum Gasteiger partial charge on any atom is 0.131 e. The van der Waals surface area contributed by atoms with Gasteiger partial charge in [-0.05, 0) is 19.3 Å². The van der Waals surface area contributed by atoms with Crippen LogP contribution in [0.1, 0.15) is 42.5 Å². The highest BCUT2D eigenvalue weighted by atomic mass is 16.5. The smallest absolute Gasteiger partial charge is 0.131 e. The lowest BCUT2D eigenvalue weighted by molar-refractivity contribution is 0.109. The van der Waals surface area contributed by atoms with Crippen molar-refractivity contribution in [3.05, 3.63) is 22.8 Å². The summed E-state index contributed by atoms with van der Waals surface area (Å²) < 4.78 is 5.68. The van der Waals surface area contributed by atoms with Gasteiger partial charge in [0.1, 0.15) is 5.82 Å². The predicted octanol–water partition coefficient (Wildman–Crippen LogP) is 1.41. The van der Waals surface area contributed by atoms with Crippen LogP contribution in [0.3, 0.4) is 0 Å². The van der Waals surface area contributed by atoms with E-state index in [1.165, 1.54) is 23.4 Å². The summed E-state index contributed by atoms with van der Waals surface area (Å²) in [5.74, 6) is 0.986. The number of aromatic nitrogens is 2. The Balaban J connectivity index is 1.85. The van der Waals surface area contributed by atoms with Gasteiger partial charge in [0.25, 0.3) is 0 Å². The third-order valence-corrected chi connectivity index (χ3v) is 3.83. The lowest BCUT2D eigenvalue weighted by Crippen LogP contribution is -2.27. The van der Waals surface area contributed by atoms with Crippen molar-refractivity contribution in [2.24, 2.45) is 0 Å². The summed E-state index contributed by atoms with van der Waals surface area (Å²) in [5.41, 5.74) is 3.81. The molecule has 1 aromatic heterocycles. The highest BCUT2D eigenvalue weighted by molar-refractivity contribution is 5.28. The zero-order chi connectivity index (χ0) is 12.4. The maximum atomic E-state index is 5.68. The Morgan fingerprint density at radius 1 is 1.39 bits per heavy atom. The third kappa shape index (κ3) is 2.40. The van der Waals surface area contributed by atoms with Gasteiger partial charge >= 0.3 is 0 Å². The van der Waals surface area contributed by atoms with Crippen LogP contribution in [0.5, 0.6) is 0 Å². The van der Waals surface area contributed by atoms with Crippen molar-refractivity contribution in [2.45, 2.75) is 51.7 Å². The second-order valence-corrected chi connectivity index (χ2v) is 5.13. The van der Waals surface area contributed by atoms with Crippen molar-refractivity contribution >= 4 is 0 Å². The molecule has 0 bridgehead atoms. The fourth-order valence-electron chi connectivity index (χ4n) is 2.86. The number of nitrogens with one attached hydrogen (secondary N) is 1.